The lowest BCUT2D eigenvalue weighted by atomic mass is 10.1. The van der Waals surface area contributed by atoms with Gasteiger partial charge in [0.25, 0.3) is 0 Å². The number of piperidine rings is 1. The van der Waals surface area contributed by atoms with Crippen LogP contribution in [0.1, 0.15) is 19.3 Å². The van der Waals surface area contributed by atoms with Crippen LogP contribution >= 0.6 is 0 Å². The lowest BCUT2D eigenvalue weighted by Gasteiger charge is -2.20. The van der Waals surface area contributed by atoms with Crippen molar-refractivity contribution >= 4 is 12.6 Å². The minimum Gasteiger partial charge on any atom is -0.352 e. The summed E-state index contributed by atoms with van der Waals surface area (Å²) in [5.41, 5.74) is 0. The summed E-state index contributed by atoms with van der Waals surface area (Å²) < 4.78 is 0. The largest absolute Gasteiger partial charge is 0.352 e. The van der Waals surface area contributed by atoms with E-state index in [4.69, 9.17) is 0 Å². The molecule has 1 N–H and O–H groups in total. The summed E-state index contributed by atoms with van der Waals surface area (Å²) >= 11 is 0. The molecular weight excluding hydrogens is 128 g/mol. The van der Waals surface area contributed by atoms with Gasteiger partial charge in [0.15, 0.2) is 0 Å². The fraction of sp³-hybridized carbons (Fsp3) is 0.714. The van der Waals surface area contributed by atoms with E-state index in [0.29, 0.717) is 13.0 Å². The summed E-state index contributed by atoms with van der Waals surface area (Å²) in [6, 6.07) is 0.249. The third-order valence-electron chi connectivity index (χ3n) is 1.67. The molecule has 1 atom stereocenters. The van der Waals surface area contributed by atoms with E-state index < -0.39 is 0 Å². The van der Waals surface area contributed by atoms with Crippen LogP contribution in [-0.4, -0.2) is 25.2 Å². The SMILES string of the molecule is C=NC[C@@H]1CCCC(=O)N1. The molecular formula is C7H12N2O. The maximum Gasteiger partial charge on any atom is 0.220 e. The van der Waals surface area contributed by atoms with Gasteiger partial charge in [-0.05, 0) is 19.6 Å². The molecule has 0 radical (unpaired) electrons. The van der Waals surface area contributed by atoms with Gasteiger partial charge in [0.2, 0.25) is 5.91 Å². The first-order valence-electron chi connectivity index (χ1n) is 3.55. The number of hydrogen-bond donors (Lipinski definition) is 1. The van der Waals surface area contributed by atoms with Crippen molar-refractivity contribution in [2.75, 3.05) is 6.54 Å². The molecule has 0 saturated carbocycles. The summed E-state index contributed by atoms with van der Waals surface area (Å²) in [6.45, 7) is 4.04. The maximum absolute atomic E-state index is 10.8. The molecule has 0 aromatic carbocycles. The highest BCUT2D eigenvalue weighted by atomic mass is 16.1. The average Bonchev–Trinajstić information content (AvgIpc) is 1.88. The molecule has 1 saturated heterocycles. The zero-order chi connectivity index (χ0) is 7.40. The number of nitrogens with zero attached hydrogens (tertiary/aromatic N) is 1. The molecule has 0 aromatic rings. The molecule has 0 bridgehead atoms. The highest BCUT2D eigenvalue weighted by Crippen LogP contribution is 2.07. The number of hydrogen-bond acceptors (Lipinski definition) is 2. The quantitative estimate of drug-likeness (QED) is 0.553. The molecule has 0 unspecified atom stereocenters. The Kier molecular flexibility index (Phi) is 2.42. The normalized spacial score (nSPS) is 25.6. The van der Waals surface area contributed by atoms with Crippen molar-refractivity contribution in [3.05, 3.63) is 0 Å². The standard InChI is InChI=1S/C7H12N2O/c1-8-5-6-3-2-4-7(10)9-6/h6H,1-5H2,(H,9,10)/t6-/m0/s1. The van der Waals surface area contributed by atoms with Gasteiger partial charge in [-0.2, -0.15) is 0 Å². The molecule has 3 heteroatoms. The summed E-state index contributed by atoms with van der Waals surface area (Å²) in [5, 5.41) is 2.84. The van der Waals surface area contributed by atoms with Gasteiger partial charge >= 0.3 is 0 Å². The van der Waals surface area contributed by atoms with Gasteiger partial charge in [0.05, 0.1) is 6.54 Å². The number of aliphatic imine (C=N–C) groups is 1. The second kappa shape index (κ2) is 3.34. The summed E-state index contributed by atoms with van der Waals surface area (Å²) in [7, 11) is 0. The van der Waals surface area contributed by atoms with Crippen molar-refractivity contribution in [3.8, 4) is 0 Å². The number of rotatable bonds is 2. The van der Waals surface area contributed by atoms with Crippen molar-refractivity contribution in [2.45, 2.75) is 25.3 Å². The van der Waals surface area contributed by atoms with Gasteiger partial charge in [-0.25, -0.2) is 0 Å². The first kappa shape index (κ1) is 7.25. The molecule has 56 valence electrons. The molecule has 1 aliphatic heterocycles. The van der Waals surface area contributed by atoms with E-state index in [0.717, 1.165) is 12.8 Å². The molecule has 1 rings (SSSR count). The molecule has 0 aliphatic carbocycles. The zero-order valence-electron chi connectivity index (χ0n) is 5.97. The van der Waals surface area contributed by atoms with Crippen LogP contribution in [0.15, 0.2) is 4.99 Å². The van der Waals surface area contributed by atoms with Crippen LogP contribution in [0.2, 0.25) is 0 Å². The van der Waals surface area contributed by atoms with Crippen molar-refractivity contribution in [3.63, 3.8) is 0 Å². The van der Waals surface area contributed by atoms with E-state index in [9.17, 15) is 4.79 Å². The molecule has 1 aliphatic rings. The number of carbonyl (C=O) groups excluding carboxylic acids is 1. The molecule has 1 fully saturated rings. The molecule has 0 aromatic heterocycles. The maximum atomic E-state index is 10.8. The fourth-order valence-corrected chi connectivity index (χ4v) is 1.17. The Bertz CT molecular complexity index is 145. The van der Waals surface area contributed by atoms with Crippen LogP contribution in [-0.2, 0) is 4.79 Å². The van der Waals surface area contributed by atoms with Gasteiger partial charge < -0.3 is 5.32 Å². The Labute approximate surface area is 60.5 Å². The van der Waals surface area contributed by atoms with Gasteiger partial charge in [0, 0.05) is 12.5 Å². The smallest absolute Gasteiger partial charge is 0.220 e. The monoisotopic (exact) mass is 140 g/mol. The summed E-state index contributed by atoms with van der Waals surface area (Å²) in [4.78, 5) is 14.5. The number of amides is 1. The van der Waals surface area contributed by atoms with E-state index in [1.165, 1.54) is 0 Å². The minimum atomic E-state index is 0.153. The molecule has 10 heavy (non-hydrogen) atoms. The Morgan fingerprint density at radius 1 is 1.80 bits per heavy atom. The third kappa shape index (κ3) is 1.83. The molecule has 1 amide bonds. The van der Waals surface area contributed by atoms with Crippen molar-refractivity contribution < 1.29 is 4.79 Å². The highest BCUT2D eigenvalue weighted by molar-refractivity contribution is 5.76. The van der Waals surface area contributed by atoms with Crippen molar-refractivity contribution in [2.24, 2.45) is 4.99 Å². The zero-order valence-corrected chi connectivity index (χ0v) is 5.97. The van der Waals surface area contributed by atoms with E-state index in [2.05, 4.69) is 17.0 Å². The lowest BCUT2D eigenvalue weighted by Crippen LogP contribution is -2.40. The first-order valence-corrected chi connectivity index (χ1v) is 3.55. The van der Waals surface area contributed by atoms with Crippen molar-refractivity contribution in [1.82, 2.24) is 5.32 Å². The topological polar surface area (TPSA) is 41.5 Å². The second-order valence-electron chi connectivity index (χ2n) is 2.56. The Hall–Kier alpha value is -0.860. The van der Waals surface area contributed by atoms with E-state index in [1.807, 2.05) is 0 Å². The van der Waals surface area contributed by atoms with Crippen LogP contribution in [0.4, 0.5) is 0 Å². The second-order valence-corrected chi connectivity index (χ2v) is 2.56. The fourth-order valence-electron chi connectivity index (χ4n) is 1.17. The van der Waals surface area contributed by atoms with Crippen LogP contribution in [0.25, 0.3) is 0 Å². The Balaban J connectivity index is 2.31. The first-order chi connectivity index (χ1) is 4.83. The molecule has 1 heterocycles. The third-order valence-corrected chi connectivity index (χ3v) is 1.67. The Morgan fingerprint density at radius 2 is 2.60 bits per heavy atom. The van der Waals surface area contributed by atoms with E-state index in [-0.39, 0.29) is 11.9 Å². The van der Waals surface area contributed by atoms with Crippen LogP contribution < -0.4 is 5.32 Å². The molecule has 0 spiro atoms. The lowest BCUT2D eigenvalue weighted by molar-refractivity contribution is -0.123. The van der Waals surface area contributed by atoms with Crippen LogP contribution in [0, 0.1) is 0 Å². The van der Waals surface area contributed by atoms with Gasteiger partial charge in [-0.3, -0.25) is 9.79 Å². The van der Waals surface area contributed by atoms with E-state index >= 15 is 0 Å². The summed E-state index contributed by atoms with van der Waals surface area (Å²) in [6.07, 6.45) is 2.71. The van der Waals surface area contributed by atoms with Gasteiger partial charge in [-0.15, -0.1) is 0 Å². The number of carbonyl (C=O) groups is 1. The average molecular weight is 140 g/mol. The minimum absolute atomic E-state index is 0.153. The van der Waals surface area contributed by atoms with Crippen LogP contribution in [0.5, 0.6) is 0 Å². The predicted octanol–water partition coefficient (Wildman–Crippen LogP) is 0.356. The van der Waals surface area contributed by atoms with Crippen molar-refractivity contribution in [1.29, 1.82) is 0 Å². The predicted molar refractivity (Wildman–Crippen MR) is 40.2 cm³/mol. The Morgan fingerprint density at radius 3 is 3.20 bits per heavy atom. The van der Waals surface area contributed by atoms with Gasteiger partial charge in [0.1, 0.15) is 0 Å². The molecule has 3 nitrogen and oxygen atoms in total. The van der Waals surface area contributed by atoms with Crippen LogP contribution in [0.3, 0.4) is 0 Å². The highest BCUT2D eigenvalue weighted by Gasteiger charge is 2.16. The van der Waals surface area contributed by atoms with E-state index in [1.54, 1.807) is 0 Å². The van der Waals surface area contributed by atoms with Gasteiger partial charge in [-0.1, -0.05) is 0 Å². The number of nitrogens with one attached hydrogen (secondary N) is 1. The summed E-state index contributed by atoms with van der Waals surface area (Å²) in [5.74, 6) is 0.153.